The second kappa shape index (κ2) is 13.6. The molecule has 1 saturated carbocycles. The average Bonchev–Trinajstić information content (AvgIpc) is 3.54. The van der Waals surface area contributed by atoms with Gasteiger partial charge in [-0.3, -0.25) is 14.7 Å². The number of carbonyl (C=O) groups is 1. The van der Waals surface area contributed by atoms with Crippen LogP contribution in [0.25, 0.3) is 0 Å². The van der Waals surface area contributed by atoms with Crippen LogP contribution in [0.2, 0.25) is 0 Å². The van der Waals surface area contributed by atoms with E-state index in [9.17, 15) is 4.79 Å². The van der Waals surface area contributed by atoms with Crippen LogP contribution in [0.4, 0.5) is 0 Å². The van der Waals surface area contributed by atoms with Crippen LogP contribution in [-0.2, 0) is 9.53 Å². The molecule has 0 unspecified atom stereocenters. The Morgan fingerprint density at radius 3 is 2.31 bits per heavy atom. The maximum Gasteiger partial charge on any atom is 0.236 e. The lowest BCUT2D eigenvalue weighted by atomic mass is 10.2. The van der Waals surface area contributed by atoms with Gasteiger partial charge in [-0.05, 0) is 38.5 Å². The highest BCUT2D eigenvalue weighted by Gasteiger charge is 2.24. The molecule has 7 nitrogen and oxygen atoms in total. The van der Waals surface area contributed by atoms with E-state index in [1.807, 2.05) is 0 Å². The Balaban J connectivity index is 0.00000300. The van der Waals surface area contributed by atoms with Crippen molar-refractivity contribution in [2.45, 2.75) is 45.4 Å². The van der Waals surface area contributed by atoms with Gasteiger partial charge in [-0.2, -0.15) is 0 Å². The molecular formula is C21H40IN5O2. The van der Waals surface area contributed by atoms with E-state index in [0.717, 1.165) is 77.1 Å². The van der Waals surface area contributed by atoms with Gasteiger partial charge in [0, 0.05) is 52.4 Å². The van der Waals surface area contributed by atoms with Crippen molar-refractivity contribution < 1.29 is 9.53 Å². The summed E-state index contributed by atoms with van der Waals surface area (Å²) in [5.74, 6) is 2.10. The Labute approximate surface area is 193 Å². The topological polar surface area (TPSA) is 60.4 Å². The van der Waals surface area contributed by atoms with Crippen LogP contribution in [0.3, 0.4) is 0 Å². The molecule has 168 valence electrons. The fourth-order valence-electron chi connectivity index (χ4n) is 3.91. The van der Waals surface area contributed by atoms with Crippen molar-refractivity contribution in [2.75, 3.05) is 72.1 Å². The van der Waals surface area contributed by atoms with Crippen LogP contribution in [0.1, 0.15) is 45.4 Å². The highest BCUT2D eigenvalue weighted by molar-refractivity contribution is 14.0. The maximum absolute atomic E-state index is 12.6. The quantitative estimate of drug-likeness (QED) is 0.229. The maximum atomic E-state index is 12.6. The lowest BCUT2D eigenvalue weighted by Crippen LogP contribution is -2.54. The van der Waals surface area contributed by atoms with Crippen molar-refractivity contribution in [3.05, 3.63) is 0 Å². The number of halogens is 1. The van der Waals surface area contributed by atoms with Gasteiger partial charge >= 0.3 is 0 Å². The Hall–Kier alpha value is -0.610. The molecule has 0 aromatic heterocycles. The smallest absolute Gasteiger partial charge is 0.236 e. The number of amides is 1. The van der Waals surface area contributed by atoms with Crippen molar-refractivity contribution in [2.24, 2.45) is 10.9 Å². The summed E-state index contributed by atoms with van der Waals surface area (Å²) in [7, 11) is 0. The molecule has 3 fully saturated rings. The van der Waals surface area contributed by atoms with E-state index in [0.29, 0.717) is 25.6 Å². The summed E-state index contributed by atoms with van der Waals surface area (Å²) < 4.78 is 5.70. The van der Waals surface area contributed by atoms with Crippen LogP contribution < -0.4 is 5.32 Å². The van der Waals surface area contributed by atoms with Crippen LogP contribution in [0.5, 0.6) is 0 Å². The van der Waals surface area contributed by atoms with Gasteiger partial charge in [0.2, 0.25) is 5.91 Å². The minimum absolute atomic E-state index is 0. The lowest BCUT2D eigenvalue weighted by Gasteiger charge is -2.37. The zero-order valence-electron chi connectivity index (χ0n) is 18.1. The second-order valence-corrected chi connectivity index (χ2v) is 8.31. The third kappa shape index (κ3) is 8.96. The summed E-state index contributed by atoms with van der Waals surface area (Å²) in [5, 5.41) is 3.41. The van der Waals surface area contributed by atoms with Crippen LogP contribution >= 0.6 is 24.0 Å². The van der Waals surface area contributed by atoms with E-state index < -0.39 is 0 Å². The Bertz CT molecular complexity index is 499. The minimum atomic E-state index is 0. The van der Waals surface area contributed by atoms with E-state index in [2.05, 4.69) is 26.9 Å². The van der Waals surface area contributed by atoms with Gasteiger partial charge in [0.05, 0.1) is 19.7 Å². The van der Waals surface area contributed by atoms with Gasteiger partial charge in [0.1, 0.15) is 0 Å². The highest BCUT2D eigenvalue weighted by Crippen LogP contribution is 2.28. The first-order valence-electron chi connectivity index (χ1n) is 11.4. The molecule has 0 aromatic rings. The lowest BCUT2D eigenvalue weighted by molar-refractivity contribution is -0.132. The summed E-state index contributed by atoms with van der Waals surface area (Å²) in [6, 6.07) is 0. The standard InChI is InChI=1S/C21H39N5O2.HI/c1-2-22-21(23-9-16-28-18-19-7-8-19)26-14-12-24(13-15-26)17-20(27)25-10-5-3-4-6-11-25;/h19H,2-18H2,1H3,(H,22,23);1H. The number of nitrogens with one attached hydrogen (secondary N) is 1. The zero-order chi connectivity index (χ0) is 19.6. The molecule has 2 heterocycles. The molecule has 1 aliphatic carbocycles. The molecular weight excluding hydrogens is 481 g/mol. The van der Waals surface area contributed by atoms with Crippen molar-refractivity contribution in [1.82, 2.24) is 20.0 Å². The molecule has 0 aromatic carbocycles. The number of aliphatic imine (C=N–C) groups is 1. The van der Waals surface area contributed by atoms with Gasteiger partial charge in [0.15, 0.2) is 5.96 Å². The zero-order valence-corrected chi connectivity index (χ0v) is 20.4. The highest BCUT2D eigenvalue weighted by atomic mass is 127. The SMILES string of the molecule is CCNC(=NCCOCC1CC1)N1CCN(CC(=O)N2CCCCCC2)CC1.I. The molecule has 0 radical (unpaired) electrons. The number of rotatable bonds is 8. The number of hydrogen-bond donors (Lipinski definition) is 1. The van der Waals surface area contributed by atoms with Crippen molar-refractivity contribution in [3.63, 3.8) is 0 Å². The van der Waals surface area contributed by atoms with Gasteiger partial charge in [-0.1, -0.05) is 12.8 Å². The Morgan fingerprint density at radius 1 is 1.00 bits per heavy atom. The van der Waals surface area contributed by atoms with E-state index in [-0.39, 0.29) is 24.0 Å². The van der Waals surface area contributed by atoms with E-state index in [1.165, 1.54) is 25.7 Å². The summed E-state index contributed by atoms with van der Waals surface area (Å²) in [6.45, 7) is 11.4. The Morgan fingerprint density at radius 2 is 1.69 bits per heavy atom. The molecule has 8 heteroatoms. The van der Waals surface area contributed by atoms with Crippen LogP contribution in [0, 0.1) is 5.92 Å². The van der Waals surface area contributed by atoms with Gasteiger partial charge in [0.25, 0.3) is 0 Å². The van der Waals surface area contributed by atoms with Gasteiger partial charge in [-0.25, -0.2) is 0 Å². The molecule has 0 spiro atoms. The number of hydrogen-bond acceptors (Lipinski definition) is 4. The van der Waals surface area contributed by atoms with Crippen molar-refractivity contribution in [3.8, 4) is 0 Å². The largest absolute Gasteiger partial charge is 0.379 e. The normalized spacial score (nSPS) is 21.5. The first kappa shape index (κ1) is 24.7. The van der Waals surface area contributed by atoms with Crippen LogP contribution in [0.15, 0.2) is 4.99 Å². The van der Waals surface area contributed by atoms with Crippen molar-refractivity contribution in [1.29, 1.82) is 0 Å². The third-order valence-corrected chi connectivity index (χ3v) is 5.87. The monoisotopic (exact) mass is 521 g/mol. The summed E-state index contributed by atoms with van der Waals surface area (Å²) >= 11 is 0. The molecule has 1 amide bonds. The van der Waals surface area contributed by atoms with E-state index in [4.69, 9.17) is 9.73 Å². The molecule has 0 bridgehead atoms. The van der Waals surface area contributed by atoms with E-state index in [1.54, 1.807) is 0 Å². The third-order valence-electron chi connectivity index (χ3n) is 5.87. The Kier molecular flexibility index (Phi) is 11.6. The molecule has 1 N–H and O–H groups in total. The molecule has 3 rings (SSSR count). The van der Waals surface area contributed by atoms with E-state index >= 15 is 0 Å². The fourth-order valence-corrected chi connectivity index (χ4v) is 3.91. The van der Waals surface area contributed by atoms with Crippen LogP contribution in [-0.4, -0.2) is 98.7 Å². The number of nitrogens with zero attached hydrogens (tertiary/aromatic N) is 4. The molecule has 0 atom stereocenters. The summed E-state index contributed by atoms with van der Waals surface area (Å²) in [4.78, 5) is 24.0. The fraction of sp³-hybridized carbons (Fsp3) is 0.905. The molecule has 2 saturated heterocycles. The average molecular weight is 521 g/mol. The second-order valence-electron chi connectivity index (χ2n) is 8.31. The number of guanidine groups is 1. The number of piperazine rings is 1. The number of ether oxygens (including phenoxy) is 1. The number of likely N-dealkylation sites (tertiary alicyclic amines) is 1. The number of carbonyl (C=O) groups excluding carboxylic acids is 1. The predicted octanol–water partition coefficient (Wildman–Crippen LogP) is 2.02. The summed E-state index contributed by atoms with van der Waals surface area (Å²) in [5.41, 5.74) is 0. The first-order valence-corrected chi connectivity index (χ1v) is 11.4. The molecule has 29 heavy (non-hydrogen) atoms. The summed E-state index contributed by atoms with van der Waals surface area (Å²) in [6.07, 6.45) is 7.51. The first-order chi connectivity index (χ1) is 13.8. The predicted molar refractivity (Wildman–Crippen MR) is 128 cm³/mol. The van der Waals surface area contributed by atoms with Gasteiger partial charge < -0.3 is 19.9 Å². The molecule has 3 aliphatic rings. The van der Waals surface area contributed by atoms with Crippen molar-refractivity contribution >= 4 is 35.8 Å². The minimum Gasteiger partial charge on any atom is -0.379 e. The molecule has 2 aliphatic heterocycles. The van der Waals surface area contributed by atoms with Gasteiger partial charge in [-0.15, -0.1) is 24.0 Å².